The first-order valence-corrected chi connectivity index (χ1v) is 29.6. The summed E-state index contributed by atoms with van der Waals surface area (Å²) in [6, 6.07) is 12.1. The van der Waals surface area contributed by atoms with Crippen molar-refractivity contribution in [1.29, 1.82) is 15.8 Å². The lowest BCUT2D eigenvalue weighted by molar-refractivity contribution is -0.138. The number of aromatic amines is 4. The fraction of sp³-hybridized carbons (Fsp3) is 0.234. The van der Waals surface area contributed by atoms with E-state index in [1.54, 1.807) is 25.5 Å². The second kappa shape index (κ2) is 29.3. The molecule has 12 rings (SSSR count). The second-order valence-corrected chi connectivity index (χ2v) is 22.3. The molecule has 0 amide bonds. The van der Waals surface area contributed by atoms with Crippen LogP contribution in [0.1, 0.15) is 89.0 Å². The predicted molar refractivity (Wildman–Crippen MR) is 346 cm³/mol. The molecule has 100 heavy (non-hydrogen) atoms. The Labute approximate surface area is 559 Å². The number of aromatic nitrogens is 17. The Kier molecular flexibility index (Phi) is 20.5. The summed E-state index contributed by atoms with van der Waals surface area (Å²) in [6.45, 7) is 7.27. The lowest BCUT2D eigenvalue weighted by atomic mass is 10.1. The highest BCUT2D eigenvalue weighted by Gasteiger charge is 2.34. The summed E-state index contributed by atoms with van der Waals surface area (Å²) in [7, 11) is 7.48. The molecule has 0 aromatic carbocycles. The SMILES string of the molecule is COc1ncc([C@@H](C)Nc2ncc(C#N)c(-c3c[nH]c4ncc(C(F)(F)F)cc34)n2)cn1.C[C@@H](Nc1ncc(C#N)c(-c2c[nH]c3ncc(C(F)(F)F)cc23)n1)c1ccc(N(C)CCN(C)C)nc1.C[C@@H](Nc1ncc(C#N)c(-c2c[nH]c3ncc(C(F)(F)F)cc23)n1)c1cnc(=O)[nH]c1. The predicted octanol–water partition coefficient (Wildman–Crippen LogP) is 11.5. The second-order valence-electron chi connectivity index (χ2n) is 22.3. The number of nitrogens with zero attached hydrogens (tertiary/aromatic N) is 18. The van der Waals surface area contributed by atoms with E-state index < -0.39 is 40.9 Å². The van der Waals surface area contributed by atoms with Crippen molar-refractivity contribution in [2.24, 2.45) is 0 Å². The van der Waals surface area contributed by atoms with E-state index in [0.717, 1.165) is 66.8 Å². The van der Waals surface area contributed by atoms with Crippen molar-refractivity contribution < 1.29 is 44.3 Å². The third kappa shape index (κ3) is 16.2. The van der Waals surface area contributed by atoms with Crippen LogP contribution in [-0.4, -0.2) is 131 Å². The van der Waals surface area contributed by atoms with Gasteiger partial charge in [-0.05, 0) is 64.7 Å². The number of nitrogens with one attached hydrogen (secondary N) is 7. The van der Waals surface area contributed by atoms with Crippen LogP contribution >= 0.6 is 0 Å². The van der Waals surface area contributed by atoms with Crippen LogP contribution in [0.3, 0.4) is 0 Å². The summed E-state index contributed by atoms with van der Waals surface area (Å²) in [4.78, 5) is 79.7. The van der Waals surface area contributed by atoms with Gasteiger partial charge < -0.3 is 50.4 Å². The fourth-order valence-electron chi connectivity index (χ4n) is 9.70. The molecule has 12 aromatic heterocycles. The molecule has 3 atom stereocenters. The molecule has 7 N–H and O–H groups in total. The number of fused-ring (bicyclic) bond motifs is 3. The maximum atomic E-state index is 13.3. The van der Waals surface area contributed by atoms with Gasteiger partial charge in [0.25, 0.3) is 0 Å². The number of H-pyrrole nitrogens is 4. The van der Waals surface area contributed by atoms with Crippen molar-refractivity contribution in [2.45, 2.75) is 57.4 Å². The Hall–Kier alpha value is -12.8. The summed E-state index contributed by atoms with van der Waals surface area (Å²) < 4.78 is 124. The Morgan fingerprint density at radius 1 is 0.470 bits per heavy atom. The Balaban J connectivity index is 0.000000163. The van der Waals surface area contributed by atoms with Gasteiger partial charge in [-0.25, -0.2) is 69.6 Å². The van der Waals surface area contributed by atoms with E-state index in [2.05, 4.69) is 110 Å². The van der Waals surface area contributed by atoms with E-state index in [1.807, 2.05) is 65.3 Å². The molecule has 0 aliphatic heterocycles. The summed E-state index contributed by atoms with van der Waals surface area (Å²) in [5.41, 5.74) is 1.60. The van der Waals surface area contributed by atoms with Crippen LogP contribution in [0.4, 0.5) is 63.2 Å². The van der Waals surface area contributed by atoms with E-state index in [4.69, 9.17) is 4.74 Å². The zero-order chi connectivity index (χ0) is 71.8. The Morgan fingerprint density at radius 3 is 1.19 bits per heavy atom. The van der Waals surface area contributed by atoms with E-state index in [1.165, 1.54) is 56.7 Å². The minimum Gasteiger partial charge on any atom is -0.467 e. The summed E-state index contributed by atoms with van der Waals surface area (Å²) in [6.07, 6.45) is 4.73. The average Bonchev–Trinajstić information content (AvgIpc) is 1.67. The highest BCUT2D eigenvalue weighted by molar-refractivity contribution is 5.96. The van der Waals surface area contributed by atoms with Crippen LogP contribution in [0.15, 0.2) is 122 Å². The van der Waals surface area contributed by atoms with Crippen molar-refractivity contribution in [3.8, 4) is 58.0 Å². The van der Waals surface area contributed by atoms with Gasteiger partial charge in [0.2, 0.25) is 17.8 Å². The van der Waals surface area contributed by atoms with E-state index >= 15 is 0 Å². The maximum Gasteiger partial charge on any atom is 0.417 e. The standard InChI is InChI=1S/C25H26F3N9.C20H15F3N8O.C19H13F3N8O/c1-15(16-5-6-21(30-11-16)37(4)8-7-36(2)3)34-24-33-12-17(10-29)22(35-24)20-14-32-23-19(20)9-18(13-31-23)25(26,27)28;1-10(12-6-28-19(32-2)29-7-12)30-18-27-5-11(4-24)16(31-18)15-9-26-17-14(15)3-13(8-25-17)20(21,22)23;1-9(11-5-27-18(31)28-6-11)29-17-26-4-10(3-23)15(30-17)14-8-25-16-13(14)2-12(7-24-16)19(20,21)22/h5-6,9,11-15H,7-8H2,1-4H3,(H,31,32)(H,33,34,35);3,5-10H,1-2H3,(H,25,26)(H,27,30,31);2,4-9H,1H3,(H,24,25)(H,26,29,30)(H,27,28,31)/t15-;10-;9-/m111/s1. The number of likely N-dealkylation sites (N-methyl/N-ethyl adjacent to an activating group) is 2. The van der Waals surface area contributed by atoms with E-state index in [9.17, 15) is 60.1 Å². The van der Waals surface area contributed by atoms with Crippen molar-refractivity contribution >= 4 is 56.8 Å². The lowest BCUT2D eigenvalue weighted by Crippen LogP contribution is -2.29. The number of halogens is 9. The zero-order valence-electron chi connectivity index (χ0n) is 53.4. The number of hydrogen-bond acceptors (Lipinski definition) is 23. The van der Waals surface area contributed by atoms with Crippen LogP contribution in [-0.2, 0) is 18.5 Å². The van der Waals surface area contributed by atoms with Crippen molar-refractivity contribution in [1.82, 2.24) is 89.6 Å². The maximum absolute atomic E-state index is 13.3. The number of anilines is 4. The van der Waals surface area contributed by atoms with Crippen molar-refractivity contribution in [2.75, 3.05) is 62.2 Å². The summed E-state index contributed by atoms with van der Waals surface area (Å²) in [5, 5.41) is 38.4. The highest BCUT2D eigenvalue weighted by Crippen LogP contribution is 2.39. The van der Waals surface area contributed by atoms with Crippen LogP contribution in [0, 0.1) is 34.0 Å². The van der Waals surface area contributed by atoms with E-state index in [0.29, 0.717) is 16.7 Å². The van der Waals surface area contributed by atoms with Crippen LogP contribution < -0.4 is 31.3 Å². The third-order valence-corrected chi connectivity index (χ3v) is 15.2. The molecule has 0 bridgehead atoms. The molecule has 12 aromatic rings. The van der Waals surface area contributed by atoms with Crippen molar-refractivity contribution in [3.63, 3.8) is 0 Å². The molecule has 0 saturated carbocycles. The molecule has 0 spiro atoms. The topological polar surface area (TPSA) is 371 Å². The molecule has 0 fully saturated rings. The molecule has 510 valence electrons. The number of alkyl halides is 9. The summed E-state index contributed by atoms with van der Waals surface area (Å²) >= 11 is 0. The third-order valence-electron chi connectivity index (χ3n) is 15.2. The smallest absolute Gasteiger partial charge is 0.417 e. The minimum absolute atomic E-state index is 0.0854. The molecule has 12 heterocycles. The molecular formula is C64H54F9N25O2. The fourth-order valence-corrected chi connectivity index (χ4v) is 9.70. The quantitative estimate of drug-likeness (QED) is 0.0416. The molecule has 0 unspecified atom stereocenters. The first-order valence-electron chi connectivity index (χ1n) is 29.6. The monoisotopic (exact) mass is 1380 g/mol. The highest BCUT2D eigenvalue weighted by atomic mass is 19.4. The first kappa shape index (κ1) is 70.0. The number of hydrogen-bond donors (Lipinski definition) is 7. The normalized spacial score (nSPS) is 12.5. The molecule has 36 heteroatoms. The minimum atomic E-state index is -4.56. The molecule has 0 aliphatic carbocycles. The van der Waals surface area contributed by atoms with Gasteiger partial charge >= 0.3 is 30.2 Å². The van der Waals surface area contributed by atoms with Crippen molar-refractivity contribution in [3.05, 3.63) is 178 Å². The van der Waals surface area contributed by atoms with Gasteiger partial charge in [-0.2, -0.15) is 55.3 Å². The Morgan fingerprint density at radius 2 is 0.850 bits per heavy atom. The van der Waals surface area contributed by atoms with Gasteiger partial charge in [0, 0.05) is 132 Å². The zero-order valence-corrected chi connectivity index (χ0v) is 53.4. The Bertz CT molecular complexity index is 5090. The van der Waals surface area contributed by atoms with Crippen LogP contribution in [0.2, 0.25) is 0 Å². The first-order chi connectivity index (χ1) is 47.6. The molecule has 0 saturated heterocycles. The lowest BCUT2D eigenvalue weighted by Gasteiger charge is -2.21. The van der Waals surface area contributed by atoms with Gasteiger partial charge in [0.15, 0.2) is 0 Å². The number of ether oxygens (including phenoxy) is 1. The average molecular weight is 1380 g/mol. The van der Waals surface area contributed by atoms with Gasteiger partial charge in [-0.15, -0.1) is 0 Å². The van der Waals surface area contributed by atoms with E-state index in [-0.39, 0.29) is 114 Å². The number of pyridine rings is 4. The number of methoxy groups -OCH3 is 1. The molecule has 27 nitrogen and oxygen atoms in total. The molecule has 0 radical (unpaired) electrons. The molecular weight excluding hydrogens is 1320 g/mol. The van der Waals surface area contributed by atoms with Gasteiger partial charge in [-0.1, -0.05) is 6.07 Å². The number of nitriles is 3. The van der Waals surface area contributed by atoms with Crippen LogP contribution in [0.5, 0.6) is 6.01 Å². The largest absolute Gasteiger partial charge is 0.467 e. The van der Waals surface area contributed by atoms with Gasteiger partial charge in [-0.3, -0.25) is 0 Å². The summed E-state index contributed by atoms with van der Waals surface area (Å²) in [5.74, 6) is 1.39. The molecule has 0 aliphatic rings. The van der Waals surface area contributed by atoms with Gasteiger partial charge in [0.05, 0.1) is 94.3 Å². The number of rotatable bonds is 17. The van der Waals surface area contributed by atoms with Crippen LogP contribution in [0.25, 0.3) is 66.9 Å². The van der Waals surface area contributed by atoms with Gasteiger partial charge in [0.1, 0.15) is 41.0 Å².